The van der Waals surface area contributed by atoms with Gasteiger partial charge in [0.1, 0.15) is 5.75 Å². The number of thioether (sulfide) groups is 1. The Labute approximate surface area is 137 Å². The van der Waals surface area contributed by atoms with Crippen LogP contribution in [0.1, 0.15) is 15.9 Å². The van der Waals surface area contributed by atoms with Crippen molar-refractivity contribution >= 4 is 16.9 Å². The van der Waals surface area contributed by atoms with Gasteiger partial charge in [0.15, 0.2) is 0 Å². The van der Waals surface area contributed by atoms with Gasteiger partial charge in [0.2, 0.25) is 5.12 Å². The molecule has 0 saturated carbocycles. The summed E-state index contributed by atoms with van der Waals surface area (Å²) in [5.41, 5.74) is 2.39. The summed E-state index contributed by atoms with van der Waals surface area (Å²) in [6.45, 7) is 1.97. The zero-order valence-corrected chi connectivity index (χ0v) is 13.5. The second-order valence-corrected chi connectivity index (χ2v) is 5.75. The molecule has 0 aliphatic carbocycles. The number of hydrogen-bond donors (Lipinski definition) is 0. The van der Waals surface area contributed by atoms with Crippen molar-refractivity contribution in [1.82, 2.24) is 10.2 Å². The van der Waals surface area contributed by atoms with E-state index in [1.165, 1.54) is 0 Å². The lowest BCUT2D eigenvalue weighted by molar-refractivity contribution is 0.108. The van der Waals surface area contributed by atoms with Gasteiger partial charge >= 0.3 is 0 Å². The maximum absolute atomic E-state index is 12.2. The highest BCUT2D eigenvalue weighted by Gasteiger charge is 2.16. The van der Waals surface area contributed by atoms with Crippen LogP contribution in [-0.4, -0.2) is 22.4 Å². The van der Waals surface area contributed by atoms with Gasteiger partial charge in [-0.15, -0.1) is 10.2 Å². The van der Waals surface area contributed by atoms with Gasteiger partial charge in [0.05, 0.1) is 12.7 Å². The highest BCUT2D eigenvalue weighted by molar-refractivity contribution is 8.14. The van der Waals surface area contributed by atoms with Gasteiger partial charge in [0, 0.05) is 17.3 Å². The Morgan fingerprint density at radius 2 is 1.83 bits per heavy atom. The van der Waals surface area contributed by atoms with Crippen LogP contribution in [0.5, 0.6) is 5.75 Å². The molecule has 0 atom stereocenters. The molecule has 3 aromatic rings. The molecule has 0 unspecified atom stereocenters. The number of methoxy groups -OCH3 is 1. The average Bonchev–Trinajstić information content (AvgIpc) is 3.03. The van der Waals surface area contributed by atoms with Crippen LogP contribution in [0.2, 0.25) is 0 Å². The smallest absolute Gasteiger partial charge is 0.284 e. The lowest BCUT2D eigenvalue weighted by atomic mass is 10.2. The Balaban J connectivity index is 1.79. The Morgan fingerprint density at radius 3 is 2.57 bits per heavy atom. The van der Waals surface area contributed by atoms with Crippen LogP contribution in [0.4, 0.5) is 0 Å². The highest BCUT2D eigenvalue weighted by atomic mass is 32.2. The van der Waals surface area contributed by atoms with Gasteiger partial charge in [-0.05, 0) is 19.1 Å². The summed E-state index contributed by atoms with van der Waals surface area (Å²) in [7, 11) is 1.58. The minimum Gasteiger partial charge on any atom is -0.496 e. The molecule has 0 aliphatic heterocycles. The van der Waals surface area contributed by atoms with E-state index in [0.717, 1.165) is 17.3 Å². The fraction of sp³-hybridized carbons (Fsp3) is 0.118. The van der Waals surface area contributed by atoms with Gasteiger partial charge in [-0.1, -0.05) is 42.0 Å². The average molecular weight is 326 g/mol. The van der Waals surface area contributed by atoms with E-state index in [4.69, 9.17) is 9.15 Å². The Hall–Kier alpha value is -2.60. The standard InChI is InChI=1S/C17H14N2O3S/c1-11-7-9-12(10-8-11)16(20)23-17-19-18-15(22-17)13-5-3-4-6-14(13)21-2/h3-10H,1-2H3. The molecule has 0 fully saturated rings. The van der Waals surface area contributed by atoms with Crippen LogP contribution in [0.15, 0.2) is 58.2 Å². The maximum Gasteiger partial charge on any atom is 0.284 e. The fourth-order valence-corrected chi connectivity index (χ4v) is 2.62. The molecule has 0 aliphatic rings. The Morgan fingerprint density at radius 1 is 1.09 bits per heavy atom. The van der Waals surface area contributed by atoms with E-state index in [0.29, 0.717) is 22.8 Å². The van der Waals surface area contributed by atoms with Crippen molar-refractivity contribution < 1.29 is 13.9 Å². The third-order valence-electron chi connectivity index (χ3n) is 3.21. The molecule has 0 saturated heterocycles. The number of aryl methyl sites for hydroxylation is 1. The summed E-state index contributed by atoms with van der Waals surface area (Å²) in [4.78, 5) is 12.2. The molecular formula is C17H14N2O3S. The van der Waals surface area contributed by atoms with Gasteiger partial charge in [-0.2, -0.15) is 0 Å². The SMILES string of the molecule is COc1ccccc1-c1nnc(SC(=O)c2ccc(C)cc2)o1. The lowest BCUT2D eigenvalue weighted by Gasteiger charge is -2.03. The molecular weight excluding hydrogens is 312 g/mol. The van der Waals surface area contributed by atoms with E-state index in [2.05, 4.69) is 10.2 Å². The van der Waals surface area contributed by atoms with Gasteiger partial charge < -0.3 is 9.15 Å². The topological polar surface area (TPSA) is 65.2 Å². The van der Waals surface area contributed by atoms with E-state index in [9.17, 15) is 4.79 Å². The van der Waals surface area contributed by atoms with Crippen LogP contribution < -0.4 is 4.74 Å². The molecule has 0 radical (unpaired) electrons. The predicted molar refractivity (Wildman–Crippen MR) is 87.7 cm³/mol. The van der Waals surface area contributed by atoms with Crippen LogP contribution >= 0.6 is 11.8 Å². The summed E-state index contributed by atoms with van der Waals surface area (Å²) >= 11 is 0.911. The summed E-state index contributed by atoms with van der Waals surface area (Å²) < 4.78 is 10.8. The number of carbonyl (C=O) groups is 1. The molecule has 116 valence electrons. The normalized spacial score (nSPS) is 10.5. The van der Waals surface area contributed by atoms with Gasteiger partial charge in [-0.3, -0.25) is 4.79 Å². The molecule has 1 heterocycles. The van der Waals surface area contributed by atoms with Crippen molar-refractivity contribution in [2.75, 3.05) is 7.11 Å². The van der Waals surface area contributed by atoms with Crippen molar-refractivity contribution in [3.63, 3.8) is 0 Å². The molecule has 0 N–H and O–H groups in total. The van der Waals surface area contributed by atoms with Crippen LogP contribution in [0.25, 0.3) is 11.5 Å². The van der Waals surface area contributed by atoms with Crippen molar-refractivity contribution in [1.29, 1.82) is 0 Å². The summed E-state index contributed by atoms with van der Waals surface area (Å²) in [6, 6.07) is 14.7. The molecule has 5 nitrogen and oxygen atoms in total. The minimum absolute atomic E-state index is 0.139. The summed E-state index contributed by atoms with van der Waals surface area (Å²) in [5, 5.41) is 7.97. The molecule has 0 bridgehead atoms. The fourth-order valence-electron chi connectivity index (χ4n) is 2.01. The van der Waals surface area contributed by atoms with Crippen molar-refractivity contribution in [3.8, 4) is 17.2 Å². The largest absolute Gasteiger partial charge is 0.496 e. The number of hydrogen-bond acceptors (Lipinski definition) is 6. The number of rotatable bonds is 4. The van der Waals surface area contributed by atoms with Gasteiger partial charge in [-0.25, -0.2) is 0 Å². The van der Waals surface area contributed by atoms with E-state index in [-0.39, 0.29) is 10.3 Å². The van der Waals surface area contributed by atoms with Gasteiger partial charge in [0.25, 0.3) is 11.1 Å². The number of ether oxygens (including phenoxy) is 1. The summed E-state index contributed by atoms with van der Waals surface area (Å²) in [5.74, 6) is 0.958. The maximum atomic E-state index is 12.2. The van der Waals surface area contributed by atoms with E-state index < -0.39 is 0 Å². The second-order valence-electron chi connectivity index (χ2n) is 4.83. The molecule has 6 heteroatoms. The van der Waals surface area contributed by atoms with Crippen LogP contribution in [-0.2, 0) is 0 Å². The Kier molecular flexibility index (Phi) is 4.43. The molecule has 0 amide bonds. The summed E-state index contributed by atoms with van der Waals surface area (Å²) in [6.07, 6.45) is 0. The van der Waals surface area contributed by atoms with Crippen molar-refractivity contribution in [2.45, 2.75) is 12.1 Å². The quantitative estimate of drug-likeness (QED) is 0.676. The number of aromatic nitrogens is 2. The number of benzene rings is 2. The first-order valence-electron chi connectivity index (χ1n) is 6.93. The predicted octanol–water partition coefficient (Wildman–Crippen LogP) is 3.99. The van der Waals surface area contributed by atoms with Crippen molar-refractivity contribution in [2.24, 2.45) is 0 Å². The second kappa shape index (κ2) is 6.66. The highest BCUT2D eigenvalue weighted by Crippen LogP contribution is 2.31. The number of nitrogens with zero attached hydrogens (tertiary/aromatic N) is 2. The third kappa shape index (κ3) is 3.43. The Bertz CT molecular complexity index is 828. The monoisotopic (exact) mass is 326 g/mol. The van der Waals surface area contributed by atoms with E-state index in [1.54, 1.807) is 19.2 Å². The number of para-hydroxylation sites is 1. The molecule has 0 spiro atoms. The molecule has 3 rings (SSSR count). The lowest BCUT2D eigenvalue weighted by Crippen LogP contribution is -1.92. The zero-order valence-electron chi connectivity index (χ0n) is 12.6. The molecule has 2 aromatic carbocycles. The number of carbonyl (C=O) groups excluding carboxylic acids is 1. The van der Waals surface area contributed by atoms with Crippen LogP contribution in [0.3, 0.4) is 0 Å². The first-order chi connectivity index (χ1) is 11.2. The van der Waals surface area contributed by atoms with E-state index >= 15 is 0 Å². The molecule has 1 aromatic heterocycles. The zero-order chi connectivity index (χ0) is 16.2. The van der Waals surface area contributed by atoms with E-state index in [1.807, 2.05) is 43.3 Å². The van der Waals surface area contributed by atoms with Crippen molar-refractivity contribution in [3.05, 3.63) is 59.7 Å². The third-order valence-corrected chi connectivity index (χ3v) is 3.97. The first kappa shape index (κ1) is 15.3. The first-order valence-corrected chi connectivity index (χ1v) is 7.75. The molecule has 23 heavy (non-hydrogen) atoms. The van der Waals surface area contributed by atoms with Crippen LogP contribution in [0, 0.1) is 6.92 Å². The minimum atomic E-state index is -0.139.